The first-order chi connectivity index (χ1) is 38.8. The third kappa shape index (κ3) is 17.2. The highest BCUT2D eigenvalue weighted by molar-refractivity contribution is 5.80. The van der Waals surface area contributed by atoms with E-state index in [9.17, 15) is 38.4 Å². The molecule has 5 heterocycles. The van der Waals surface area contributed by atoms with Gasteiger partial charge in [-0.2, -0.15) is 0 Å². The second-order valence-electron chi connectivity index (χ2n) is 20.9. The molecule has 0 N–H and O–H groups in total. The normalized spacial score (nSPS) is 27.2. The predicted octanol–water partition coefficient (Wildman–Crippen LogP) is 4.48. The summed E-state index contributed by atoms with van der Waals surface area (Å²) in [5.74, 6) is -5.81. The van der Waals surface area contributed by atoms with Gasteiger partial charge in [0.25, 0.3) is 0 Å². The quantitative estimate of drug-likeness (QED) is 0.175. The molecule has 424 valence electrons. The molecule has 5 aliphatic rings. The van der Waals surface area contributed by atoms with Gasteiger partial charge in [0.05, 0.1) is 51.4 Å². The molecule has 0 bridgehead atoms. The van der Waals surface area contributed by atoms with Gasteiger partial charge in [0.15, 0.2) is 48.8 Å². The van der Waals surface area contributed by atoms with Gasteiger partial charge >= 0.3 is 47.8 Å². The van der Waals surface area contributed by atoms with Crippen molar-refractivity contribution in [2.45, 2.75) is 126 Å². The zero-order valence-electron chi connectivity index (χ0n) is 44.6. The standard InChI is InChI=1S/C60H68N4O16/c65-53-21-23-55(67)75-47-35-62(30-42-15-7-2-8-16-42)37-49(47)77-57(69)25-27-59(71)79-51-39-64(32-44-19-11-4-12-20-44)40-52(51)80-60(72)28-26-58(70)78-50-38-63(31-43-17-9-3-10-18-43)36-48(50)76-56(68)24-22-54(66)74-46-34-61(33-45(46)73-53)29-41-13-5-1-6-14-41/h1-20,45-52H,21-40H2/t45-,46-,47-,48-,49-,50-,51-,52-/m0/s1. The SMILES string of the molecule is O=C1CCC(=O)O[C@H]2CN(Cc3ccccc3)C[C@@H]2OC(=O)CCC(=O)O[C@H]2CN(Cc3ccccc3)C[C@@H]2OC(=O)CCC(=O)O[C@H]2CN(Cc3ccccc3)C[C@@H]2OC(=O)CCC(=O)O[C@H]2CN(Cc3ccccc3)C[C@@H]2O1. The molecule has 20 heteroatoms. The van der Waals surface area contributed by atoms with Crippen molar-refractivity contribution in [2.75, 3.05) is 52.4 Å². The Morgan fingerprint density at radius 1 is 0.237 bits per heavy atom. The molecule has 20 nitrogen and oxygen atoms in total. The maximum absolute atomic E-state index is 13.5. The predicted molar refractivity (Wildman–Crippen MR) is 283 cm³/mol. The van der Waals surface area contributed by atoms with Crippen molar-refractivity contribution in [1.29, 1.82) is 0 Å². The van der Waals surface area contributed by atoms with Crippen LogP contribution < -0.4 is 0 Å². The third-order valence-corrected chi connectivity index (χ3v) is 14.6. The summed E-state index contributed by atoms with van der Waals surface area (Å²) in [7, 11) is 0. The summed E-state index contributed by atoms with van der Waals surface area (Å²) in [6.07, 6.45) is -10.2. The summed E-state index contributed by atoms with van der Waals surface area (Å²) in [6, 6.07) is 38.4. The van der Waals surface area contributed by atoms with E-state index in [1.807, 2.05) is 141 Å². The Morgan fingerprint density at radius 2 is 0.375 bits per heavy atom. The number of ether oxygens (including phenoxy) is 8. The van der Waals surface area contributed by atoms with E-state index in [1.54, 1.807) is 0 Å². The first-order valence-corrected chi connectivity index (χ1v) is 27.4. The second kappa shape index (κ2) is 28.1. The first kappa shape index (κ1) is 57.2. The van der Waals surface area contributed by atoms with E-state index in [0.717, 1.165) is 22.3 Å². The summed E-state index contributed by atoms with van der Waals surface area (Å²) < 4.78 is 47.1. The van der Waals surface area contributed by atoms with Crippen LogP contribution in [-0.4, -0.2) is 169 Å². The highest BCUT2D eigenvalue weighted by Gasteiger charge is 2.43. The number of fused-ring (bicyclic) bond motifs is 4. The van der Waals surface area contributed by atoms with Crippen LogP contribution in [0.15, 0.2) is 121 Å². The van der Waals surface area contributed by atoms with Crippen LogP contribution in [0.4, 0.5) is 0 Å². The van der Waals surface area contributed by atoms with Gasteiger partial charge in [0.1, 0.15) is 0 Å². The van der Waals surface area contributed by atoms with Crippen molar-refractivity contribution >= 4 is 47.8 Å². The molecule has 5 fully saturated rings. The minimum absolute atomic E-state index is 0.214. The van der Waals surface area contributed by atoms with Crippen molar-refractivity contribution in [1.82, 2.24) is 19.6 Å². The zero-order valence-corrected chi connectivity index (χ0v) is 44.6. The van der Waals surface area contributed by atoms with E-state index >= 15 is 0 Å². The summed E-state index contributed by atoms with van der Waals surface area (Å²) in [6.45, 7) is 3.58. The van der Waals surface area contributed by atoms with Crippen LogP contribution in [0.5, 0.6) is 0 Å². The Balaban J connectivity index is 0.893. The van der Waals surface area contributed by atoms with Gasteiger partial charge in [-0.15, -0.1) is 0 Å². The third-order valence-electron chi connectivity index (χ3n) is 14.6. The highest BCUT2D eigenvalue weighted by atomic mass is 16.6. The molecule has 0 unspecified atom stereocenters. The number of hydrogen-bond acceptors (Lipinski definition) is 20. The summed E-state index contributed by atoms with van der Waals surface area (Å²) >= 11 is 0. The first-order valence-electron chi connectivity index (χ1n) is 27.4. The highest BCUT2D eigenvalue weighted by Crippen LogP contribution is 2.27. The molecule has 0 aliphatic carbocycles. The monoisotopic (exact) mass is 1100 g/mol. The van der Waals surface area contributed by atoms with Crippen molar-refractivity contribution in [3.63, 3.8) is 0 Å². The Labute approximate surface area is 464 Å². The van der Waals surface area contributed by atoms with Gasteiger partial charge in [-0.05, 0) is 22.3 Å². The van der Waals surface area contributed by atoms with Crippen molar-refractivity contribution in [2.24, 2.45) is 0 Å². The minimum atomic E-state index is -0.907. The van der Waals surface area contributed by atoms with Crippen LogP contribution in [0.3, 0.4) is 0 Å². The fraction of sp³-hybridized carbons (Fsp3) is 0.467. The van der Waals surface area contributed by atoms with Crippen molar-refractivity contribution in [3.05, 3.63) is 144 Å². The minimum Gasteiger partial charge on any atom is -0.457 e. The number of esters is 8. The zero-order chi connectivity index (χ0) is 55.8. The molecule has 0 radical (unpaired) electrons. The van der Waals surface area contributed by atoms with E-state index in [1.165, 1.54) is 0 Å². The molecule has 5 aliphatic heterocycles. The lowest BCUT2D eigenvalue weighted by atomic mass is 10.2. The largest absolute Gasteiger partial charge is 0.457 e. The Bertz CT molecular complexity index is 2280. The van der Waals surface area contributed by atoms with E-state index in [0.29, 0.717) is 26.2 Å². The Hall–Kier alpha value is -7.52. The van der Waals surface area contributed by atoms with Crippen molar-refractivity contribution in [3.8, 4) is 0 Å². The number of likely N-dealkylation sites (tertiary alicyclic amines) is 4. The average molecular weight is 1100 g/mol. The van der Waals surface area contributed by atoms with E-state index < -0.39 is 96.6 Å². The summed E-state index contributed by atoms with van der Waals surface area (Å²) in [5.41, 5.74) is 3.92. The molecule has 0 saturated carbocycles. The molecule has 80 heavy (non-hydrogen) atoms. The molecule has 0 aromatic heterocycles. The van der Waals surface area contributed by atoms with Crippen LogP contribution in [0, 0.1) is 0 Å². The molecule has 5 saturated heterocycles. The second-order valence-corrected chi connectivity index (χ2v) is 20.9. The van der Waals surface area contributed by atoms with Gasteiger partial charge in [-0.25, -0.2) is 0 Å². The number of carbonyl (C=O) groups excluding carboxylic acids is 8. The number of hydrogen-bond donors (Lipinski definition) is 0. The van der Waals surface area contributed by atoms with Crippen LogP contribution >= 0.6 is 0 Å². The summed E-state index contributed by atoms with van der Waals surface area (Å²) in [5, 5.41) is 0. The number of nitrogens with zero attached hydrogens (tertiary/aromatic N) is 4. The lowest BCUT2D eigenvalue weighted by molar-refractivity contribution is -0.170. The molecule has 8 atom stereocenters. The lowest BCUT2D eigenvalue weighted by Crippen LogP contribution is -2.36. The van der Waals surface area contributed by atoms with Gasteiger partial charge < -0.3 is 37.9 Å². The van der Waals surface area contributed by atoms with E-state index in [-0.39, 0.29) is 104 Å². The molecule has 0 spiro atoms. The molecule has 4 aromatic rings. The maximum Gasteiger partial charge on any atom is 0.306 e. The topological polar surface area (TPSA) is 223 Å². The fourth-order valence-corrected chi connectivity index (χ4v) is 10.7. The Kier molecular flexibility index (Phi) is 20.1. The molecular formula is C60H68N4O16. The smallest absolute Gasteiger partial charge is 0.306 e. The number of benzene rings is 4. The Morgan fingerprint density at radius 3 is 0.512 bits per heavy atom. The molecule has 4 aromatic carbocycles. The van der Waals surface area contributed by atoms with Crippen LogP contribution in [0.25, 0.3) is 0 Å². The number of carbonyl (C=O) groups is 8. The van der Waals surface area contributed by atoms with Crippen LogP contribution in [0.2, 0.25) is 0 Å². The average Bonchev–Trinajstić information content (AvgIpc) is 4.22. The molecule has 9 rings (SSSR count). The lowest BCUT2D eigenvalue weighted by Gasteiger charge is -2.21. The van der Waals surface area contributed by atoms with Gasteiger partial charge in [-0.1, -0.05) is 121 Å². The molecule has 0 amide bonds. The van der Waals surface area contributed by atoms with E-state index in [4.69, 9.17) is 37.9 Å². The van der Waals surface area contributed by atoms with Crippen LogP contribution in [-0.2, 0) is 102 Å². The van der Waals surface area contributed by atoms with E-state index in [2.05, 4.69) is 0 Å². The number of rotatable bonds is 8. The van der Waals surface area contributed by atoms with Crippen molar-refractivity contribution < 1.29 is 76.3 Å². The fourth-order valence-electron chi connectivity index (χ4n) is 10.7. The maximum atomic E-state index is 13.5. The van der Waals surface area contributed by atoms with Crippen LogP contribution in [0.1, 0.15) is 73.6 Å². The molecular weight excluding hydrogens is 1030 g/mol. The van der Waals surface area contributed by atoms with Gasteiger partial charge in [-0.3, -0.25) is 58.0 Å². The van der Waals surface area contributed by atoms with Gasteiger partial charge in [0.2, 0.25) is 0 Å². The van der Waals surface area contributed by atoms with Gasteiger partial charge in [0, 0.05) is 78.5 Å². The summed E-state index contributed by atoms with van der Waals surface area (Å²) in [4.78, 5) is 116.